The minimum Gasteiger partial charge on any atom is -0.370 e. The molecule has 0 bridgehead atoms. The molecule has 19 heavy (non-hydrogen) atoms. The van der Waals surface area contributed by atoms with E-state index in [1.807, 2.05) is 0 Å². The third kappa shape index (κ3) is 2.45. The molecule has 2 nitrogen and oxygen atoms in total. The standard InChI is InChI=1S/C17H22N2/c1-19(17-9-5-4-8-16(17)18)15-11-10-13-6-2-3-7-14(13)12-15/h2-3,6-7,10-12,16-17H,4-5,8-9,18H2,1H3. The first-order valence-corrected chi connectivity index (χ1v) is 7.23. The lowest BCUT2D eigenvalue weighted by atomic mass is 9.89. The van der Waals surface area contributed by atoms with E-state index in [0.717, 1.165) is 6.42 Å². The number of rotatable bonds is 2. The van der Waals surface area contributed by atoms with Crippen molar-refractivity contribution in [1.82, 2.24) is 0 Å². The summed E-state index contributed by atoms with van der Waals surface area (Å²) in [6.07, 6.45) is 4.95. The molecule has 2 aromatic carbocycles. The molecule has 0 aromatic heterocycles. The summed E-state index contributed by atoms with van der Waals surface area (Å²) in [5.41, 5.74) is 7.57. The molecule has 0 amide bonds. The molecule has 0 saturated heterocycles. The Morgan fingerprint density at radius 3 is 2.53 bits per heavy atom. The van der Waals surface area contributed by atoms with E-state index in [0.29, 0.717) is 12.1 Å². The zero-order valence-corrected chi connectivity index (χ0v) is 11.5. The maximum absolute atomic E-state index is 6.29. The molecule has 0 aliphatic heterocycles. The van der Waals surface area contributed by atoms with Crippen LogP contribution >= 0.6 is 0 Å². The summed E-state index contributed by atoms with van der Waals surface area (Å²) >= 11 is 0. The Morgan fingerprint density at radius 1 is 1.00 bits per heavy atom. The minimum atomic E-state index is 0.310. The highest BCUT2D eigenvalue weighted by Crippen LogP contribution is 2.27. The normalized spacial score (nSPS) is 23.5. The molecule has 1 fully saturated rings. The van der Waals surface area contributed by atoms with Gasteiger partial charge in [0.2, 0.25) is 0 Å². The van der Waals surface area contributed by atoms with Crippen molar-refractivity contribution in [3.05, 3.63) is 42.5 Å². The van der Waals surface area contributed by atoms with Gasteiger partial charge < -0.3 is 10.6 Å². The van der Waals surface area contributed by atoms with Crippen molar-refractivity contribution in [2.75, 3.05) is 11.9 Å². The predicted molar refractivity (Wildman–Crippen MR) is 82.6 cm³/mol. The molecule has 1 saturated carbocycles. The van der Waals surface area contributed by atoms with Crippen LogP contribution in [0.1, 0.15) is 25.7 Å². The first kappa shape index (κ1) is 12.5. The van der Waals surface area contributed by atoms with E-state index in [-0.39, 0.29) is 0 Å². The fourth-order valence-corrected chi connectivity index (χ4v) is 3.21. The molecule has 0 radical (unpaired) electrons. The molecule has 3 rings (SSSR count). The molecule has 0 spiro atoms. The van der Waals surface area contributed by atoms with E-state index in [9.17, 15) is 0 Å². The van der Waals surface area contributed by atoms with Crippen molar-refractivity contribution in [2.45, 2.75) is 37.8 Å². The van der Waals surface area contributed by atoms with E-state index in [1.165, 1.54) is 35.7 Å². The molecular weight excluding hydrogens is 232 g/mol. The Kier molecular flexibility index (Phi) is 3.43. The van der Waals surface area contributed by atoms with Crippen LogP contribution in [0.15, 0.2) is 42.5 Å². The van der Waals surface area contributed by atoms with Gasteiger partial charge in [-0.15, -0.1) is 0 Å². The van der Waals surface area contributed by atoms with E-state index < -0.39 is 0 Å². The molecule has 100 valence electrons. The van der Waals surface area contributed by atoms with Crippen LogP contribution in [0.5, 0.6) is 0 Å². The molecule has 1 aliphatic rings. The van der Waals surface area contributed by atoms with Gasteiger partial charge in [-0.3, -0.25) is 0 Å². The molecular formula is C17H22N2. The Bertz CT molecular complexity index is 564. The van der Waals surface area contributed by atoms with Gasteiger partial charge in [0.15, 0.2) is 0 Å². The summed E-state index contributed by atoms with van der Waals surface area (Å²) in [5.74, 6) is 0. The van der Waals surface area contributed by atoms with Crippen LogP contribution in [0.2, 0.25) is 0 Å². The molecule has 2 heteroatoms. The number of hydrogen-bond acceptors (Lipinski definition) is 2. The second-order valence-corrected chi connectivity index (χ2v) is 5.66. The predicted octanol–water partition coefficient (Wildman–Crippen LogP) is 3.55. The summed E-state index contributed by atoms with van der Waals surface area (Å²) in [7, 11) is 2.18. The van der Waals surface area contributed by atoms with Gasteiger partial charge in [0.05, 0.1) is 0 Å². The lowest BCUT2D eigenvalue weighted by Crippen LogP contribution is -2.48. The largest absolute Gasteiger partial charge is 0.370 e. The van der Waals surface area contributed by atoms with Crippen LogP contribution in [0.4, 0.5) is 5.69 Å². The Morgan fingerprint density at radius 2 is 1.74 bits per heavy atom. The number of nitrogens with two attached hydrogens (primary N) is 1. The first-order valence-electron chi connectivity index (χ1n) is 7.23. The maximum Gasteiger partial charge on any atom is 0.0437 e. The van der Waals surface area contributed by atoms with E-state index >= 15 is 0 Å². The van der Waals surface area contributed by atoms with Crippen molar-refractivity contribution in [1.29, 1.82) is 0 Å². The highest BCUT2D eigenvalue weighted by Gasteiger charge is 2.25. The average Bonchev–Trinajstić information content (AvgIpc) is 2.46. The monoisotopic (exact) mass is 254 g/mol. The molecule has 2 atom stereocenters. The van der Waals surface area contributed by atoms with E-state index in [4.69, 9.17) is 5.73 Å². The fourth-order valence-electron chi connectivity index (χ4n) is 3.21. The lowest BCUT2D eigenvalue weighted by molar-refractivity contribution is 0.374. The van der Waals surface area contributed by atoms with E-state index in [1.54, 1.807) is 0 Å². The fraction of sp³-hybridized carbons (Fsp3) is 0.412. The number of benzene rings is 2. The third-order valence-electron chi connectivity index (χ3n) is 4.42. The molecule has 2 unspecified atom stereocenters. The topological polar surface area (TPSA) is 29.3 Å². The van der Waals surface area contributed by atoms with Crippen molar-refractivity contribution in [3.63, 3.8) is 0 Å². The zero-order chi connectivity index (χ0) is 13.2. The highest BCUT2D eigenvalue weighted by molar-refractivity contribution is 5.85. The maximum atomic E-state index is 6.29. The van der Waals surface area contributed by atoms with Crippen LogP contribution in [-0.4, -0.2) is 19.1 Å². The second kappa shape index (κ2) is 5.22. The van der Waals surface area contributed by atoms with Gasteiger partial charge >= 0.3 is 0 Å². The number of nitrogens with zero attached hydrogens (tertiary/aromatic N) is 1. The third-order valence-corrected chi connectivity index (χ3v) is 4.42. The quantitative estimate of drug-likeness (QED) is 0.888. The summed E-state index contributed by atoms with van der Waals surface area (Å²) in [4.78, 5) is 2.37. The Labute approximate surface area is 115 Å². The van der Waals surface area contributed by atoms with Crippen LogP contribution in [-0.2, 0) is 0 Å². The number of fused-ring (bicyclic) bond motifs is 1. The van der Waals surface area contributed by atoms with Crippen molar-refractivity contribution in [3.8, 4) is 0 Å². The molecule has 2 N–H and O–H groups in total. The molecule has 2 aromatic rings. The highest BCUT2D eigenvalue weighted by atomic mass is 15.2. The molecule has 0 heterocycles. The minimum absolute atomic E-state index is 0.310. The van der Waals surface area contributed by atoms with Crippen molar-refractivity contribution >= 4 is 16.5 Å². The Hall–Kier alpha value is -1.54. The summed E-state index contributed by atoms with van der Waals surface area (Å²) < 4.78 is 0. The summed E-state index contributed by atoms with van der Waals surface area (Å²) in [6.45, 7) is 0. The van der Waals surface area contributed by atoms with Crippen LogP contribution in [0, 0.1) is 0 Å². The molecule has 1 aliphatic carbocycles. The second-order valence-electron chi connectivity index (χ2n) is 5.66. The van der Waals surface area contributed by atoms with E-state index in [2.05, 4.69) is 54.4 Å². The van der Waals surface area contributed by atoms with Gasteiger partial charge in [0.25, 0.3) is 0 Å². The Balaban J connectivity index is 1.90. The van der Waals surface area contributed by atoms with Gasteiger partial charge in [-0.1, -0.05) is 43.2 Å². The number of hydrogen-bond donors (Lipinski definition) is 1. The van der Waals surface area contributed by atoms with Crippen molar-refractivity contribution < 1.29 is 0 Å². The average molecular weight is 254 g/mol. The van der Waals surface area contributed by atoms with Crippen LogP contribution < -0.4 is 10.6 Å². The smallest absolute Gasteiger partial charge is 0.0437 e. The first-order chi connectivity index (χ1) is 9.25. The lowest BCUT2D eigenvalue weighted by Gasteiger charge is -2.37. The van der Waals surface area contributed by atoms with Gasteiger partial charge in [0, 0.05) is 24.8 Å². The summed E-state index contributed by atoms with van der Waals surface area (Å²) in [6, 6.07) is 16.0. The number of likely N-dealkylation sites (N-methyl/N-ethyl adjacent to an activating group) is 1. The summed E-state index contributed by atoms with van der Waals surface area (Å²) in [5, 5.41) is 2.60. The SMILES string of the molecule is CN(c1ccc2ccccc2c1)C1CCCCC1N. The van der Waals surface area contributed by atoms with Gasteiger partial charge in [0.1, 0.15) is 0 Å². The van der Waals surface area contributed by atoms with Crippen LogP contribution in [0.3, 0.4) is 0 Å². The van der Waals surface area contributed by atoms with Gasteiger partial charge in [-0.2, -0.15) is 0 Å². The van der Waals surface area contributed by atoms with Crippen LogP contribution in [0.25, 0.3) is 10.8 Å². The van der Waals surface area contributed by atoms with Gasteiger partial charge in [-0.05, 0) is 35.7 Å². The van der Waals surface area contributed by atoms with Crippen molar-refractivity contribution in [2.24, 2.45) is 5.73 Å². The number of anilines is 1. The zero-order valence-electron chi connectivity index (χ0n) is 11.5. The van der Waals surface area contributed by atoms with Gasteiger partial charge in [-0.25, -0.2) is 0 Å².